The number of aromatic nitrogens is 1. The van der Waals surface area contributed by atoms with Crippen molar-refractivity contribution in [3.05, 3.63) is 93.0 Å². The van der Waals surface area contributed by atoms with Gasteiger partial charge < -0.3 is 4.90 Å². The van der Waals surface area contributed by atoms with Crippen LogP contribution in [0.25, 0.3) is 5.57 Å². The minimum atomic E-state index is -0.517. The van der Waals surface area contributed by atoms with Crippen LogP contribution in [0.5, 0.6) is 0 Å². The lowest BCUT2D eigenvalue weighted by molar-refractivity contribution is -0.135. The second kappa shape index (κ2) is 9.28. The van der Waals surface area contributed by atoms with E-state index in [9.17, 15) is 9.59 Å². The van der Waals surface area contributed by atoms with Crippen molar-refractivity contribution in [1.82, 2.24) is 9.88 Å². The topological polar surface area (TPSA) is 62.6 Å². The number of carbonyl (C=O) groups is 2. The normalized spacial score (nSPS) is 16.4. The van der Waals surface area contributed by atoms with Crippen LogP contribution in [0.15, 0.2) is 70.6 Å². The number of amidine groups is 1. The largest absolute Gasteiger partial charge is 0.302 e. The quantitative estimate of drug-likeness (QED) is 0.402. The highest BCUT2D eigenvalue weighted by Gasteiger charge is 2.48. The number of carbonyl (C=O) groups excluding carboxylic acids is 2. The minimum absolute atomic E-state index is 0.0180. The summed E-state index contributed by atoms with van der Waals surface area (Å²) in [7, 11) is 1.82. The molecule has 1 aliphatic heterocycles. The number of likely N-dealkylation sites (N-methyl/N-ethyl adjacent to an activating group) is 1. The Morgan fingerprint density at radius 1 is 1.15 bits per heavy atom. The summed E-state index contributed by atoms with van der Waals surface area (Å²) in [5.41, 5.74) is 5.69. The number of hydrogen-bond acceptors (Lipinski definition) is 5. The molecule has 3 aromatic rings. The average molecular weight is 490 g/mol. The number of benzene rings is 2. The van der Waals surface area contributed by atoms with Crippen LogP contribution in [-0.4, -0.2) is 34.5 Å². The zero-order chi connectivity index (χ0) is 23.7. The molecule has 0 saturated heterocycles. The third kappa shape index (κ3) is 4.24. The Hall–Kier alpha value is -3.09. The Kier molecular flexibility index (Phi) is 6.19. The number of halogens is 1. The van der Waals surface area contributed by atoms with Gasteiger partial charge in [-0.2, -0.15) is 0 Å². The van der Waals surface area contributed by atoms with Gasteiger partial charge in [0.15, 0.2) is 5.78 Å². The Balaban J connectivity index is 1.24. The summed E-state index contributed by atoms with van der Waals surface area (Å²) in [5.74, 6) is 0.839. The van der Waals surface area contributed by atoms with E-state index in [0.29, 0.717) is 23.6 Å². The molecule has 0 spiro atoms. The second-order valence-electron chi connectivity index (χ2n) is 8.86. The van der Waals surface area contributed by atoms with Crippen LogP contribution in [0.2, 0.25) is 5.02 Å². The van der Waals surface area contributed by atoms with Gasteiger partial charge in [-0.25, -0.2) is 9.98 Å². The third-order valence-corrected chi connectivity index (χ3v) is 7.63. The van der Waals surface area contributed by atoms with Crippen molar-refractivity contribution in [2.24, 2.45) is 4.99 Å². The van der Waals surface area contributed by atoms with E-state index in [0.717, 1.165) is 47.4 Å². The minimum Gasteiger partial charge on any atom is -0.302 e. The van der Waals surface area contributed by atoms with E-state index in [4.69, 9.17) is 11.6 Å². The third-order valence-electron chi connectivity index (χ3n) is 6.81. The van der Waals surface area contributed by atoms with Crippen LogP contribution in [0.1, 0.15) is 52.9 Å². The lowest BCUT2D eigenvalue weighted by Crippen LogP contribution is -2.51. The predicted octanol–water partition coefficient (Wildman–Crippen LogP) is 5.95. The van der Waals surface area contributed by atoms with Gasteiger partial charge in [-0.05, 0) is 47.2 Å². The van der Waals surface area contributed by atoms with Gasteiger partial charge >= 0.3 is 0 Å². The first kappa shape index (κ1) is 22.7. The van der Waals surface area contributed by atoms with Gasteiger partial charge in [0.1, 0.15) is 11.5 Å². The van der Waals surface area contributed by atoms with Gasteiger partial charge in [0, 0.05) is 36.5 Å². The molecule has 0 bridgehead atoms. The number of rotatable bonds is 6. The van der Waals surface area contributed by atoms with Gasteiger partial charge in [0.05, 0.1) is 10.9 Å². The van der Waals surface area contributed by atoms with E-state index in [1.165, 1.54) is 11.3 Å². The van der Waals surface area contributed by atoms with Crippen molar-refractivity contribution < 1.29 is 9.59 Å². The number of Topliss-reactive ketones (excluding diaryl/α,β-unsaturated/α-hetero) is 1. The van der Waals surface area contributed by atoms with Gasteiger partial charge in [-0.1, -0.05) is 54.4 Å². The number of aliphatic imine (C=N–C) groups is 1. The molecular weight excluding hydrogens is 466 g/mol. The predicted molar refractivity (Wildman–Crippen MR) is 136 cm³/mol. The van der Waals surface area contributed by atoms with Crippen molar-refractivity contribution in [2.75, 3.05) is 7.05 Å². The van der Waals surface area contributed by atoms with Gasteiger partial charge in [-0.15, -0.1) is 11.3 Å². The van der Waals surface area contributed by atoms with E-state index in [-0.39, 0.29) is 11.7 Å². The maximum absolute atomic E-state index is 13.6. The molecule has 1 aromatic heterocycles. The summed E-state index contributed by atoms with van der Waals surface area (Å²) in [5, 5.41) is 2.43. The maximum Gasteiger partial charge on any atom is 0.238 e. The monoisotopic (exact) mass is 489 g/mol. The SMILES string of the molecule is CN(C(=O)C1(c2cccc(Cl)c2)CCC1)C1=NC=C(c2ccc(CC(=O)c3cscn3)cc2)C1. The highest BCUT2D eigenvalue weighted by Crippen LogP contribution is 2.46. The molecule has 2 heterocycles. The first-order chi connectivity index (χ1) is 16.5. The Morgan fingerprint density at radius 2 is 1.94 bits per heavy atom. The van der Waals surface area contributed by atoms with Crippen molar-refractivity contribution in [3.8, 4) is 0 Å². The van der Waals surface area contributed by atoms with E-state index in [1.54, 1.807) is 15.8 Å². The fourth-order valence-corrected chi connectivity index (χ4v) is 5.39. The zero-order valence-electron chi connectivity index (χ0n) is 18.8. The summed E-state index contributed by atoms with van der Waals surface area (Å²) < 4.78 is 0. The van der Waals surface area contributed by atoms with E-state index in [2.05, 4.69) is 9.98 Å². The molecular formula is C27H24ClN3O2S. The van der Waals surface area contributed by atoms with Gasteiger partial charge in [-0.3, -0.25) is 9.59 Å². The number of amides is 1. The molecule has 34 heavy (non-hydrogen) atoms. The van der Waals surface area contributed by atoms with Crippen molar-refractivity contribution in [1.29, 1.82) is 0 Å². The van der Waals surface area contributed by atoms with Crippen molar-refractivity contribution in [2.45, 2.75) is 37.5 Å². The van der Waals surface area contributed by atoms with E-state index >= 15 is 0 Å². The molecule has 1 fully saturated rings. The van der Waals surface area contributed by atoms with Crippen LogP contribution in [0.3, 0.4) is 0 Å². The second-order valence-corrected chi connectivity index (χ2v) is 10.0. The van der Waals surface area contributed by atoms with E-state index < -0.39 is 5.41 Å². The standard InChI is InChI=1S/C27H24ClN3O2S/c1-31(26(33)27(10-3-11-27)21-4-2-5-22(28)14-21)25-13-20(15-29-25)19-8-6-18(7-9-19)12-24(32)23-16-34-17-30-23/h2,4-9,14-17H,3,10-13H2,1H3. The molecule has 0 atom stereocenters. The molecule has 7 heteroatoms. The number of thiazole rings is 1. The molecule has 1 saturated carbocycles. The molecule has 0 N–H and O–H groups in total. The van der Waals surface area contributed by atoms with Crippen LogP contribution in [-0.2, 0) is 16.6 Å². The molecule has 172 valence electrons. The molecule has 1 amide bonds. The highest BCUT2D eigenvalue weighted by molar-refractivity contribution is 7.07. The Labute approximate surface area is 207 Å². The van der Waals surface area contributed by atoms with Gasteiger partial charge in [0.25, 0.3) is 0 Å². The number of hydrogen-bond donors (Lipinski definition) is 0. The molecule has 2 aromatic carbocycles. The summed E-state index contributed by atoms with van der Waals surface area (Å²) in [6, 6.07) is 15.6. The lowest BCUT2D eigenvalue weighted by Gasteiger charge is -2.43. The molecule has 5 rings (SSSR count). The molecule has 0 radical (unpaired) electrons. The Morgan fingerprint density at radius 3 is 2.59 bits per heavy atom. The Bertz CT molecular complexity index is 1290. The summed E-state index contributed by atoms with van der Waals surface area (Å²) in [6.45, 7) is 0. The molecule has 2 aliphatic rings. The lowest BCUT2D eigenvalue weighted by atomic mass is 9.63. The number of ketones is 1. The molecule has 5 nitrogen and oxygen atoms in total. The van der Waals surface area contributed by atoms with Crippen LogP contribution < -0.4 is 0 Å². The van der Waals surface area contributed by atoms with Crippen molar-refractivity contribution >= 4 is 46.0 Å². The highest BCUT2D eigenvalue weighted by atomic mass is 35.5. The smallest absolute Gasteiger partial charge is 0.238 e. The van der Waals surface area contributed by atoms with Crippen LogP contribution in [0.4, 0.5) is 0 Å². The maximum atomic E-state index is 13.6. The summed E-state index contributed by atoms with van der Waals surface area (Å²) in [6.07, 6.45) is 5.43. The molecule has 0 unspecified atom stereocenters. The van der Waals surface area contributed by atoms with Crippen LogP contribution >= 0.6 is 22.9 Å². The van der Waals surface area contributed by atoms with Crippen LogP contribution in [0, 0.1) is 0 Å². The summed E-state index contributed by atoms with van der Waals surface area (Å²) >= 11 is 7.64. The summed E-state index contributed by atoms with van der Waals surface area (Å²) in [4.78, 5) is 36.3. The zero-order valence-corrected chi connectivity index (χ0v) is 20.4. The fourth-order valence-electron chi connectivity index (χ4n) is 4.64. The first-order valence-electron chi connectivity index (χ1n) is 11.3. The molecule has 1 aliphatic carbocycles. The first-order valence-corrected chi connectivity index (χ1v) is 12.6. The fraction of sp³-hybridized carbons (Fsp3) is 0.259. The van der Waals surface area contributed by atoms with E-state index in [1.807, 2.05) is 61.8 Å². The van der Waals surface area contributed by atoms with Crippen molar-refractivity contribution in [3.63, 3.8) is 0 Å². The number of nitrogens with zero attached hydrogens (tertiary/aromatic N) is 3. The average Bonchev–Trinajstić information content (AvgIpc) is 3.51. The van der Waals surface area contributed by atoms with Gasteiger partial charge in [0.2, 0.25) is 5.91 Å².